The minimum Gasteiger partial charge on any atom is -0.326 e. The van der Waals surface area contributed by atoms with Crippen molar-refractivity contribution in [3.8, 4) is 0 Å². The van der Waals surface area contributed by atoms with Crippen LogP contribution >= 0.6 is 0 Å². The molecule has 4 rings (SSSR count). The number of rotatable bonds is 3. The number of aromatic nitrogens is 2. The molecular formula is C17H20F3N5O2S. The number of hydrogen-bond acceptors (Lipinski definition) is 6. The fourth-order valence-corrected chi connectivity index (χ4v) is 4.49. The number of hydrogen-bond donors (Lipinski definition) is 2. The standard InChI is InChI=1S/C17H20F3N5O2S/c1-28(26,27)25-7-9-6-24(8-16(9)23-25)10-2-15(21)17(22-5-10)11-3-13(19)14(20)4-12(11)18/h3-4,7,10,15,17,22H,2,5-6,8,21H2,1H3/t10-,15+,17?/m1/s1. The Kier molecular flexibility index (Phi) is 4.73. The van der Waals surface area contributed by atoms with Crippen molar-refractivity contribution < 1.29 is 21.6 Å². The lowest BCUT2D eigenvalue weighted by Gasteiger charge is -2.39. The Morgan fingerprint density at radius 2 is 1.89 bits per heavy atom. The van der Waals surface area contributed by atoms with Crippen LogP contribution in [0.2, 0.25) is 0 Å². The van der Waals surface area contributed by atoms with E-state index in [1.54, 1.807) is 0 Å². The molecule has 1 aromatic carbocycles. The molecule has 11 heteroatoms. The summed E-state index contributed by atoms with van der Waals surface area (Å²) in [7, 11) is -3.42. The molecule has 3 atom stereocenters. The molecule has 0 saturated carbocycles. The van der Waals surface area contributed by atoms with Crippen molar-refractivity contribution in [1.29, 1.82) is 0 Å². The minimum absolute atomic E-state index is 0.0130. The Balaban J connectivity index is 1.45. The quantitative estimate of drug-likeness (QED) is 0.723. The summed E-state index contributed by atoms with van der Waals surface area (Å²) in [4.78, 5) is 2.12. The summed E-state index contributed by atoms with van der Waals surface area (Å²) < 4.78 is 64.9. The van der Waals surface area contributed by atoms with Gasteiger partial charge in [0.05, 0.1) is 18.0 Å². The second-order valence-electron chi connectivity index (χ2n) is 7.37. The van der Waals surface area contributed by atoms with Crippen molar-refractivity contribution in [1.82, 2.24) is 19.4 Å². The van der Waals surface area contributed by atoms with Crippen LogP contribution in [-0.2, 0) is 23.1 Å². The Labute approximate surface area is 160 Å². The van der Waals surface area contributed by atoms with Crippen LogP contribution in [0.5, 0.6) is 0 Å². The maximum absolute atomic E-state index is 14.1. The topological polar surface area (TPSA) is 93.2 Å². The average Bonchev–Trinajstić information content (AvgIpc) is 3.17. The maximum Gasteiger partial charge on any atom is 0.250 e. The third-order valence-corrected chi connectivity index (χ3v) is 6.23. The number of halogens is 3. The van der Waals surface area contributed by atoms with E-state index in [0.29, 0.717) is 37.8 Å². The number of nitrogens with zero attached hydrogens (tertiary/aromatic N) is 3. The van der Waals surface area contributed by atoms with Gasteiger partial charge in [0.15, 0.2) is 11.6 Å². The van der Waals surface area contributed by atoms with E-state index in [0.717, 1.165) is 22.0 Å². The predicted molar refractivity (Wildman–Crippen MR) is 95.2 cm³/mol. The Morgan fingerprint density at radius 1 is 1.18 bits per heavy atom. The highest BCUT2D eigenvalue weighted by atomic mass is 32.2. The Bertz CT molecular complexity index is 1000. The molecule has 0 amide bonds. The van der Waals surface area contributed by atoms with Crippen molar-refractivity contribution in [3.63, 3.8) is 0 Å². The van der Waals surface area contributed by atoms with Crippen molar-refractivity contribution in [2.75, 3.05) is 12.8 Å². The van der Waals surface area contributed by atoms with E-state index < -0.39 is 39.6 Å². The summed E-state index contributed by atoms with van der Waals surface area (Å²) in [6.07, 6.45) is 3.13. The molecule has 3 heterocycles. The van der Waals surface area contributed by atoms with E-state index in [1.807, 2.05) is 0 Å². The second-order valence-corrected chi connectivity index (χ2v) is 9.21. The summed E-state index contributed by atoms with van der Waals surface area (Å²) in [6.45, 7) is 1.50. The zero-order valence-electron chi connectivity index (χ0n) is 15.1. The van der Waals surface area contributed by atoms with Gasteiger partial charge in [0.1, 0.15) is 5.82 Å². The number of benzene rings is 1. The zero-order chi connectivity index (χ0) is 20.2. The number of fused-ring (bicyclic) bond motifs is 1. The van der Waals surface area contributed by atoms with E-state index >= 15 is 0 Å². The molecule has 1 fully saturated rings. The highest BCUT2D eigenvalue weighted by Gasteiger charge is 2.36. The number of nitrogens with one attached hydrogen (secondary N) is 1. The Hall–Kier alpha value is -1.95. The monoisotopic (exact) mass is 415 g/mol. The summed E-state index contributed by atoms with van der Waals surface area (Å²) in [6, 6.07) is 0.292. The van der Waals surface area contributed by atoms with Gasteiger partial charge in [0.2, 0.25) is 0 Å². The van der Waals surface area contributed by atoms with Crippen LogP contribution in [0.4, 0.5) is 13.2 Å². The van der Waals surface area contributed by atoms with Gasteiger partial charge in [-0.25, -0.2) is 21.6 Å². The third kappa shape index (κ3) is 3.43. The fourth-order valence-electron chi connectivity index (χ4n) is 3.92. The largest absolute Gasteiger partial charge is 0.326 e. The molecule has 152 valence electrons. The fraction of sp³-hybridized carbons (Fsp3) is 0.471. The van der Waals surface area contributed by atoms with Gasteiger partial charge in [0, 0.05) is 55.1 Å². The van der Waals surface area contributed by atoms with Gasteiger partial charge in [-0.1, -0.05) is 0 Å². The highest BCUT2D eigenvalue weighted by Crippen LogP contribution is 2.31. The van der Waals surface area contributed by atoms with E-state index in [9.17, 15) is 21.6 Å². The first-order chi connectivity index (χ1) is 13.1. The van der Waals surface area contributed by atoms with E-state index in [1.165, 1.54) is 6.20 Å². The van der Waals surface area contributed by atoms with Crippen LogP contribution in [-0.4, -0.2) is 47.4 Å². The highest BCUT2D eigenvalue weighted by molar-refractivity contribution is 7.89. The molecule has 7 nitrogen and oxygen atoms in total. The van der Waals surface area contributed by atoms with Gasteiger partial charge in [0.25, 0.3) is 10.0 Å². The molecule has 0 aliphatic carbocycles. The number of piperidine rings is 1. The summed E-state index contributed by atoms with van der Waals surface area (Å²) in [5.41, 5.74) is 7.77. The molecule has 1 saturated heterocycles. The molecule has 0 bridgehead atoms. The van der Waals surface area contributed by atoms with E-state index in [4.69, 9.17) is 5.73 Å². The third-order valence-electron chi connectivity index (χ3n) is 5.36. The molecular weight excluding hydrogens is 395 g/mol. The molecule has 2 aromatic rings. The molecule has 0 spiro atoms. The Morgan fingerprint density at radius 3 is 2.54 bits per heavy atom. The van der Waals surface area contributed by atoms with Gasteiger partial charge >= 0.3 is 0 Å². The minimum atomic E-state index is -3.42. The van der Waals surface area contributed by atoms with Crippen LogP contribution < -0.4 is 11.1 Å². The van der Waals surface area contributed by atoms with Crippen molar-refractivity contribution >= 4 is 10.0 Å². The first-order valence-corrected chi connectivity index (χ1v) is 10.6. The van der Waals surface area contributed by atoms with Crippen molar-refractivity contribution in [2.24, 2.45) is 5.73 Å². The zero-order valence-corrected chi connectivity index (χ0v) is 15.9. The van der Waals surface area contributed by atoms with Gasteiger partial charge in [-0.15, -0.1) is 0 Å². The molecule has 2 aliphatic rings. The van der Waals surface area contributed by atoms with Crippen LogP contribution in [0.25, 0.3) is 0 Å². The van der Waals surface area contributed by atoms with Gasteiger partial charge in [-0.05, 0) is 12.5 Å². The van der Waals surface area contributed by atoms with Gasteiger partial charge < -0.3 is 11.1 Å². The molecule has 2 aliphatic heterocycles. The summed E-state index contributed by atoms with van der Waals surface area (Å²) in [5.74, 6) is -3.18. The lowest BCUT2D eigenvalue weighted by Crippen LogP contribution is -2.54. The van der Waals surface area contributed by atoms with Crippen LogP contribution in [0.3, 0.4) is 0 Å². The van der Waals surface area contributed by atoms with E-state index in [2.05, 4.69) is 15.3 Å². The first kappa shape index (κ1) is 19.4. The molecule has 3 N–H and O–H groups in total. The van der Waals surface area contributed by atoms with Gasteiger partial charge in [-0.3, -0.25) is 4.90 Å². The first-order valence-electron chi connectivity index (χ1n) is 8.79. The average molecular weight is 415 g/mol. The normalized spacial score (nSPS) is 25.8. The summed E-state index contributed by atoms with van der Waals surface area (Å²) >= 11 is 0. The lowest BCUT2D eigenvalue weighted by molar-refractivity contribution is 0.137. The van der Waals surface area contributed by atoms with Crippen molar-refractivity contribution in [2.45, 2.75) is 37.6 Å². The van der Waals surface area contributed by atoms with Crippen LogP contribution in [0.1, 0.15) is 29.3 Å². The van der Waals surface area contributed by atoms with Crippen LogP contribution in [0.15, 0.2) is 18.3 Å². The molecule has 1 unspecified atom stereocenters. The smallest absolute Gasteiger partial charge is 0.250 e. The van der Waals surface area contributed by atoms with Crippen LogP contribution in [0, 0.1) is 17.5 Å². The molecule has 1 aromatic heterocycles. The second kappa shape index (κ2) is 6.83. The number of nitrogens with two attached hydrogens (primary N) is 1. The molecule has 0 radical (unpaired) electrons. The maximum atomic E-state index is 14.1. The van der Waals surface area contributed by atoms with E-state index in [-0.39, 0.29) is 11.6 Å². The summed E-state index contributed by atoms with van der Waals surface area (Å²) in [5, 5.41) is 7.26. The predicted octanol–water partition coefficient (Wildman–Crippen LogP) is 0.854. The SMILES string of the molecule is CS(=O)(=O)n1cc2c(n1)CN([C@H]1CNC(c3cc(F)c(F)cc3F)[C@@H](N)C1)C2. The van der Waals surface area contributed by atoms with Gasteiger partial charge in [-0.2, -0.15) is 9.19 Å². The lowest BCUT2D eigenvalue weighted by atomic mass is 9.89. The molecule has 28 heavy (non-hydrogen) atoms. The van der Waals surface area contributed by atoms with Crippen molar-refractivity contribution in [3.05, 3.63) is 52.6 Å².